The van der Waals surface area contributed by atoms with E-state index in [9.17, 15) is 4.79 Å². The number of nitrogens with zero attached hydrogens (tertiary/aromatic N) is 2. The van der Waals surface area contributed by atoms with Crippen LogP contribution in [0.5, 0.6) is 0 Å². The van der Waals surface area contributed by atoms with Gasteiger partial charge in [0, 0.05) is 18.3 Å². The van der Waals surface area contributed by atoms with E-state index in [1.807, 2.05) is 17.4 Å². The fraction of sp³-hybridized carbons (Fsp3) is 0.667. The van der Waals surface area contributed by atoms with Crippen molar-refractivity contribution in [2.45, 2.75) is 31.7 Å². The largest absolute Gasteiger partial charge is 0.341 e. The van der Waals surface area contributed by atoms with Crippen molar-refractivity contribution in [1.82, 2.24) is 15.5 Å². The van der Waals surface area contributed by atoms with Gasteiger partial charge in [-0.3, -0.25) is 10.3 Å². The van der Waals surface area contributed by atoms with Crippen LogP contribution in [0.25, 0.3) is 0 Å². The number of hydrogen-bond acceptors (Lipinski definition) is 4. The third kappa shape index (κ3) is 2.98. The van der Waals surface area contributed by atoms with Crippen molar-refractivity contribution in [3.05, 3.63) is 11.4 Å². The molecule has 6 heteroatoms. The van der Waals surface area contributed by atoms with E-state index in [1.165, 1.54) is 6.42 Å². The predicted octanol–water partition coefficient (Wildman–Crippen LogP) is 1.73. The molecule has 0 spiro atoms. The Kier molecular flexibility index (Phi) is 4.52. The highest BCUT2D eigenvalue weighted by atomic mass is 32.2. The minimum Gasteiger partial charge on any atom is -0.341 e. The van der Waals surface area contributed by atoms with Gasteiger partial charge in [0.15, 0.2) is 5.50 Å². The lowest BCUT2D eigenvalue weighted by atomic mass is 10.2. The SMILES string of the molecule is CCCCCN1CC2=C(NC1=O)NC(SC)N=C2. The molecule has 0 aromatic carbocycles. The summed E-state index contributed by atoms with van der Waals surface area (Å²) in [5, 5.41) is 6.12. The van der Waals surface area contributed by atoms with Gasteiger partial charge in [0.25, 0.3) is 0 Å². The molecule has 100 valence electrons. The second-order valence-corrected chi connectivity index (χ2v) is 5.39. The van der Waals surface area contributed by atoms with Crippen LogP contribution >= 0.6 is 11.8 Å². The molecule has 0 fully saturated rings. The molecule has 5 nitrogen and oxygen atoms in total. The summed E-state index contributed by atoms with van der Waals surface area (Å²) in [6.07, 6.45) is 7.25. The van der Waals surface area contributed by atoms with E-state index in [0.29, 0.717) is 6.54 Å². The minimum absolute atomic E-state index is 0.00694. The van der Waals surface area contributed by atoms with Crippen molar-refractivity contribution in [2.24, 2.45) is 4.99 Å². The molecule has 2 N–H and O–H groups in total. The van der Waals surface area contributed by atoms with Crippen LogP contribution in [0.2, 0.25) is 0 Å². The van der Waals surface area contributed by atoms with E-state index in [2.05, 4.69) is 22.5 Å². The summed E-state index contributed by atoms with van der Waals surface area (Å²) in [5.74, 6) is 0.820. The molecule has 2 aliphatic heterocycles. The Morgan fingerprint density at radius 2 is 2.39 bits per heavy atom. The van der Waals surface area contributed by atoms with Gasteiger partial charge in [-0.05, 0) is 12.7 Å². The number of unbranched alkanes of at least 4 members (excludes halogenated alkanes) is 2. The van der Waals surface area contributed by atoms with Crippen LogP contribution in [-0.4, -0.2) is 42.0 Å². The number of urea groups is 1. The molecule has 2 rings (SSSR count). The first kappa shape index (κ1) is 13.3. The third-order valence-electron chi connectivity index (χ3n) is 3.09. The Labute approximate surface area is 112 Å². The number of carbonyl (C=O) groups is 1. The third-order valence-corrected chi connectivity index (χ3v) is 3.78. The zero-order chi connectivity index (χ0) is 13.0. The standard InChI is InChI=1S/C12H20N4OS/c1-3-4-5-6-16-8-9-7-13-11(18-2)14-10(9)15-12(16)17/h7,11,14H,3-6,8H2,1-2H3,(H,15,17). The summed E-state index contributed by atoms with van der Waals surface area (Å²) in [6.45, 7) is 3.63. The fourth-order valence-electron chi connectivity index (χ4n) is 2.03. The molecule has 2 amide bonds. The van der Waals surface area contributed by atoms with Gasteiger partial charge in [0.05, 0.1) is 6.54 Å². The Balaban J connectivity index is 1.96. The normalized spacial score (nSPS) is 22.7. The van der Waals surface area contributed by atoms with Crippen LogP contribution in [0.15, 0.2) is 16.4 Å². The average Bonchev–Trinajstić information content (AvgIpc) is 2.39. The highest BCUT2D eigenvalue weighted by molar-refractivity contribution is 7.99. The Morgan fingerprint density at radius 1 is 1.56 bits per heavy atom. The first-order valence-electron chi connectivity index (χ1n) is 6.36. The molecule has 18 heavy (non-hydrogen) atoms. The lowest BCUT2D eigenvalue weighted by molar-refractivity contribution is 0.199. The molecule has 0 aromatic heterocycles. The first-order valence-corrected chi connectivity index (χ1v) is 7.65. The lowest BCUT2D eigenvalue weighted by Crippen LogP contribution is -2.51. The molecule has 1 unspecified atom stereocenters. The van der Waals surface area contributed by atoms with Crippen LogP contribution in [0.4, 0.5) is 4.79 Å². The van der Waals surface area contributed by atoms with Crippen molar-refractivity contribution in [3.63, 3.8) is 0 Å². The van der Waals surface area contributed by atoms with E-state index < -0.39 is 0 Å². The highest BCUT2D eigenvalue weighted by Crippen LogP contribution is 2.17. The number of rotatable bonds is 5. The van der Waals surface area contributed by atoms with Crippen molar-refractivity contribution < 1.29 is 4.79 Å². The molecule has 0 saturated heterocycles. The van der Waals surface area contributed by atoms with Crippen LogP contribution in [0.1, 0.15) is 26.2 Å². The number of hydrogen-bond donors (Lipinski definition) is 2. The molecule has 1 atom stereocenters. The molecule has 2 heterocycles. The van der Waals surface area contributed by atoms with E-state index in [-0.39, 0.29) is 11.5 Å². The summed E-state index contributed by atoms with van der Waals surface area (Å²) in [4.78, 5) is 18.2. The van der Waals surface area contributed by atoms with Crippen molar-refractivity contribution in [3.8, 4) is 0 Å². The number of carbonyl (C=O) groups excluding carboxylic acids is 1. The van der Waals surface area contributed by atoms with Crippen molar-refractivity contribution in [2.75, 3.05) is 19.3 Å². The Hall–Kier alpha value is -1.17. The summed E-state index contributed by atoms with van der Waals surface area (Å²) in [5.41, 5.74) is 1.08. The quantitative estimate of drug-likeness (QED) is 0.747. The summed E-state index contributed by atoms with van der Waals surface area (Å²) >= 11 is 1.61. The summed E-state index contributed by atoms with van der Waals surface area (Å²) < 4.78 is 0. The Morgan fingerprint density at radius 3 is 3.11 bits per heavy atom. The molecule has 2 aliphatic rings. The molecule has 0 saturated carbocycles. The van der Waals surface area contributed by atoms with Gasteiger partial charge < -0.3 is 10.2 Å². The molecule has 0 radical (unpaired) electrons. The first-order chi connectivity index (χ1) is 8.74. The van der Waals surface area contributed by atoms with Crippen LogP contribution in [0.3, 0.4) is 0 Å². The zero-order valence-electron chi connectivity index (χ0n) is 10.9. The lowest BCUT2D eigenvalue weighted by Gasteiger charge is -2.33. The second-order valence-electron chi connectivity index (χ2n) is 4.47. The van der Waals surface area contributed by atoms with Gasteiger partial charge in [-0.15, -0.1) is 11.8 Å². The van der Waals surface area contributed by atoms with Gasteiger partial charge in [-0.2, -0.15) is 0 Å². The zero-order valence-corrected chi connectivity index (χ0v) is 11.7. The van der Waals surface area contributed by atoms with Gasteiger partial charge in [-0.25, -0.2) is 4.79 Å². The maximum absolute atomic E-state index is 11.9. The maximum atomic E-state index is 11.9. The van der Waals surface area contributed by atoms with Crippen molar-refractivity contribution >= 4 is 24.0 Å². The van der Waals surface area contributed by atoms with E-state index >= 15 is 0 Å². The molecule has 0 aromatic rings. The number of aliphatic imine (C=N–C) groups is 1. The molecule has 0 bridgehead atoms. The van der Waals surface area contributed by atoms with E-state index in [0.717, 1.165) is 30.8 Å². The van der Waals surface area contributed by atoms with Gasteiger partial charge in [0.2, 0.25) is 0 Å². The highest BCUT2D eigenvalue weighted by Gasteiger charge is 2.26. The topological polar surface area (TPSA) is 56.7 Å². The van der Waals surface area contributed by atoms with Gasteiger partial charge in [0.1, 0.15) is 5.82 Å². The number of nitrogens with one attached hydrogen (secondary N) is 2. The van der Waals surface area contributed by atoms with Crippen LogP contribution < -0.4 is 10.6 Å². The Bertz CT molecular complexity index is 380. The minimum atomic E-state index is -0.00694. The van der Waals surface area contributed by atoms with Gasteiger partial charge >= 0.3 is 6.03 Å². The van der Waals surface area contributed by atoms with Crippen LogP contribution in [0, 0.1) is 0 Å². The summed E-state index contributed by atoms with van der Waals surface area (Å²) in [7, 11) is 0. The predicted molar refractivity (Wildman–Crippen MR) is 75.6 cm³/mol. The fourth-order valence-corrected chi connectivity index (χ4v) is 2.45. The van der Waals surface area contributed by atoms with Gasteiger partial charge in [-0.1, -0.05) is 19.8 Å². The second kappa shape index (κ2) is 6.13. The van der Waals surface area contributed by atoms with E-state index in [1.54, 1.807) is 11.8 Å². The maximum Gasteiger partial charge on any atom is 0.323 e. The molecular weight excluding hydrogens is 248 g/mol. The molecular formula is C12H20N4OS. The molecule has 0 aliphatic carbocycles. The smallest absolute Gasteiger partial charge is 0.323 e. The monoisotopic (exact) mass is 268 g/mol. The average molecular weight is 268 g/mol. The summed E-state index contributed by atoms with van der Waals surface area (Å²) in [6, 6.07) is -0.00694. The van der Waals surface area contributed by atoms with Crippen molar-refractivity contribution in [1.29, 1.82) is 0 Å². The number of amides is 2. The number of thioether (sulfide) groups is 1. The van der Waals surface area contributed by atoms with Crippen LogP contribution in [-0.2, 0) is 0 Å². The van der Waals surface area contributed by atoms with E-state index in [4.69, 9.17) is 0 Å².